The van der Waals surface area contributed by atoms with E-state index in [2.05, 4.69) is 10.2 Å². The van der Waals surface area contributed by atoms with Crippen LogP contribution in [0.25, 0.3) is 11.6 Å². The van der Waals surface area contributed by atoms with Crippen LogP contribution in [0.4, 0.5) is 0 Å². The van der Waals surface area contributed by atoms with E-state index < -0.39 is 0 Å². The maximum atomic E-state index is 13.0. The molecule has 1 aliphatic carbocycles. The molecule has 2 aromatic heterocycles. The van der Waals surface area contributed by atoms with Gasteiger partial charge in [-0.25, -0.2) is 0 Å². The summed E-state index contributed by atoms with van der Waals surface area (Å²) in [6.07, 6.45) is 4.08. The number of thioether (sulfide) groups is 1. The zero-order chi connectivity index (χ0) is 23.0. The monoisotopic (exact) mass is 468 g/mol. The van der Waals surface area contributed by atoms with Gasteiger partial charge in [-0.3, -0.25) is 14.2 Å². The minimum absolute atomic E-state index is 0.00925. The van der Waals surface area contributed by atoms with E-state index in [-0.39, 0.29) is 24.1 Å². The molecule has 0 N–H and O–H groups in total. The lowest BCUT2D eigenvalue weighted by atomic mass is 10.2. The van der Waals surface area contributed by atoms with Gasteiger partial charge in [0.2, 0.25) is 11.7 Å². The predicted octanol–water partition coefficient (Wildman–Crippen LogP) is 3.87. The Morgan fingerprint density at radius 3 is 2.70 bits per heavy atom. The molecule has 1 amide bonds. The summed E-state index contributed by atoms with van der Waals surface area (Å²) < 4.78 is 12.5. The number of aromatic nitrogens is 3. The standard InChI is InChI=1S/C24H28N4O4S/c1-2-31-22(30)12-13-27(15-19-10-11-19)21(29)17-33-24-26-25-23(20-9-6-14-32-20)28(24)16-18-7-4-3-5-8-18/h3-9,14,19H,2,10-13,15-17H2,1H3. The van der Waals surface area contributed by atoms with Crippen LogP contribution in [0, 0.1) is 5.92 Å². The Kier molecular flexibility index (Phi) is 7.83. The summed E-state index contributed by atoms with van der Waals surface area (Å²) in [6, 6.07) is 13.7. The second-order valence-electron chi connectivity index (χ2n) is 7.98. The van der Waals surface area contributed by atoms with Crippen molar-refractivity contribution in [2.24, 2.45) is 5.92 Å². The summed E-state index contributed by atoms with van der Waals surface area (Å²) in [5, 5.41) is 9.32. The zero-order valence-electron chi connectivity index (χ0n) is 18.7. The lowest BCUT2D eigenvalue weighted by Gasteiger charge is -2.22. The molecule has 1 aromatic carbocycles. The van der Waals surface area contributed by atoms with Crippen LogP contribution in [0.5, 0.6) is 0 Å². The maximum absolute atomic E-state index is 13.0. The molecule has 0 atom stereocenters. The molecule has 1 fully saturated rings. The highest BCUT2D eigenvalue weighted by Crippen LogP contribution is 2.30. The molecule has 0 aliphatic heterocycles. The topological polar surface area (TPSA) is 90.5 Å². The Labute approximate surface area is 197 Å². The maximum Gasteiger partial charge on any atom is 0.307 e. The molecule has 0 spiro atoms. The first kappa shape index (κ1) is 23.1. The van der Waals surface area contributed by atoms with Gasteiger partial charge in [0, 0.05) is 13.1 Å². The van der Waals surface area contributed by atoms with E-state index in [1.807, 2.05) is 47.0 Å². The summed E-state index contributed by atoms with van der Waals surface area (Å²) in [7, 11) is 0. The van der Waals surface area contributed by atoms with E-state index in [1.54, 1.807) is 18.1 Å². The SMILES string of the molecule is CCOC(=O)CCN(CC1CC1)C(=O)CSc1nnc(-c2ccco2)n1Cc1ccccc1. The van der Waals surface area contributed by atoms with Gasteiger partial charge in [-0.15, -0.1) is 10.2 Å². The van der Waals surface area contributed by atoms with Crippen molar-refractivity contribution in [1.82, 2.24) is 19.7 Å². The summed E-state index contributed by atoms with van der Waals surface area (Å²) in [5.74, 6) is 1.72. The zero-order valence-corrected chi connectivity index (χ0v) is 19.5. The summed E-state index contributed by atoms with van der Waals surface area (Å²) >= 11 is 1.35. The third kappa shape index (κ3) is 6.47. The highest BCUT2D eigenvalue weighted by Gasteiger charge is 2.27. The summed E-state index contributed by atoms with van der Waals surface area (Å²) in [4.78, 5) is 26.6. The van der Waals surface area contributed by atoms with Crippen LogP contribution in [0.1, 0.15) is 31.7 Å². The van der Waals surface area contributed by atoms with E-state index in [0.717, 1.165) is 18.4 Å². The smallest absolute Gasteiger partial charge is 0.307 e. The number of nitrogens with zero attached hydrogens (tertiary/aromatic N) is 4. The van der Waals surface area contributed by atoms with Crippen molar-refractivity contribution in [2.75, 3.05) is 25.4 Å². The summed E-state index contributed by atoms with van der Waals surface area (Å²) in [5.41, 5.74) is 1.10. The van der Waals surface area contributed by atoms with Gasteiger partial charge in [0.25, 0.3) is 0 Å². The third-order valence-corrected chi connectivity index (χ3v) is 6.34. The van der Waals surface area contributed by atoms with Gasteiger partial charge in [0.1, 0.15) is 0 Å². The number of hydrogen-bond donors (Lipinski definition) is 0. The molecule has 4 rings (SSSR count). The molecule has 0 unspecified atom stereocenters. The normalized spacial score (nSPS) is 13.1. The Bertz CT molecular complexity index is 1050. The van der Waals surface area contributed by atoms with Gasteiger partial charge in [-0.05, 0) is 43.4 Å². The number of furan rings is 1. The fourth-order valence-electron chi connectivity index (χ4n) is 3.50. The molecule has 174 valence electrons. The second-order valence-corrected chi connectivity index (χ2v) is 8.92. The minimum atomic E-state index is -0.274. The van der Waals surface area contributed by atoms with E-state index in [4.69, 9.17) is 9.15 Å². The molecular formula is C24H28N4O4S. The average Bonchev–Trinajstić information content (AvgIpc) is 3.31. The number of hydrogen-bond acceptors (Lipinski definition) is 7. The van der Waals surface area contributed by atoms with Crippen LogP contribution < -0.4 is 0 Å². The highest BCUT2D eigenvalue weighted by atomic mass is 32.2. The van der Waals surface area contributed by atoms with Gasteiger partial charge in [-0.1, -0.05) is 42.1 Å². The first-order chi connectivity index (χ1) is 16.1. The molecule has 33 heavy (non-hydrogen) atoms. The van der Waals surface area contributed by atoms with Gasteiger partial charge < -0.3 is 14.1 Å². The largest absolute Gasteiger partial charge is 0.466 e. The molecule has 3 aromatic rings. The minimum Gasteiger partial charge on any atom is -0.466 e. The summed E-state index contributed by atoms with van der Waals surface area (Å²) in [6.45, 7) is 3.76. The van der Waals surface area contributed by atoms with Crippen LogP contribution >= 0.6 is 11.8 Å². The number of esters is 1. The predicted molar refractivity (Wildman–Crippen MR) is 125 cm³/mol. The van der Waals surface area contributed by atoms with Crippen molar-refractivity contribution < 1.29 is 18.7 Å². The van der Waals surface area contributed by atoms with Gasteiger partial charge >= 0.3 is 5.97 Å². The Balaban J connectivity index is 1.45. The third-order valence-electron chi connectivity index (χ3n) is 5.39. The first-order valence-corrected chi connectivity index (χ1v) is 12.2. The van der Waals surface area contributed by atoms with Crippen LogP contribution in [0.3, 0.4) is 0 Å². The number of carbonyl (C=O) groups excluding carboxylic acids is 2. The van der Waals surface area contributed by atoms with Crippen molar-refractivity contribution in [2.45, 2.75) is 37.9 Å². The molecule has 8 nitrogen and oxygen atoms in total. The Morgan fingerprint density at radius 2 is 2.00 bits per heavy atom. The molecule has 0 radical (unpaired) electrons. The van der Waals surface area contributed by atoms with E-state index in [9.17, 15) is 9.59 Å². The van der Waals surface area contributed by atoms with E-state index in [1.165, 1.54) is 11.8 Å². The number of rotatable bonds is 12. The molecule has 2 heterocycles. The van der Waals surface area contributed by atoms with Crippen molar-refractivity contribution in [3.63, 3.8) is 0 Å². The molecule has 1 saturated carbocycles. The lowest BCUT2D eigenvalue weighted by Crippen LogP contribution is -2.36. The van der Waals surface area contributed by atoms with E-state index in [0.29, 0.717) is 48.9 Å². The second kappa shape index (κ2) is 11.2. The van der Waals surface area contributed by atoms with Crippen molar-refractivity contribution in [1.29, 1.82) is 0 Å². The lowest BCUT2D eigenvalue weighted by molar-refractivity contribution is -0.144. The Hall–Kier alpha value is -3.07. The molecule has 1 aliphatic rings. The quantitative estimate of drug-likeness (QED) is 0.294. The number of ether oxygens (including phenoxy) is 1. The molecular weight excluding hydrogens is 440 g/mol. The van der Waals surface area contributed by atoms with Gasteiger partial charge in [-0.2, -0.15) is 0 Å². The fourth-order valence-corrected chi connectivity index (χ4v) is 4.34. The first-order valence-electron chi connectivity index (χ1n) is 11.2. The molecule has 9 heteroatoms. The Morgan fingerprint density at radius 1 is 1.18 bits per heavy atom. The van der Waals surface area contributed by atoms with E-state index >= 15 is 0 Å². The fraction of sp³-hybridized carbons (Fsp3) is 0.417. The number of benzene rings is 1. The average molecular weight is 469 g/mol. The molecule has 0 saturated heterocycles. The van der Waals surface area contributed by atoms with Crippen LogP contribution in [-0.2, 0) is 20.9 Å². The van der Waals surface area contributed by atoms with Crippen molar-refractivity contribution in [3.8, 4) is 11.6 Å². The van der Waals surface area contributed by atoms with Gasteiger partial charge in [0.05, 0.1) is 31.6 Å². The highest BCUT2D eigenvalue weighted by molar-refractivity contribution is 7.99. The van der Waals surface area contributed by atoms with Crippen LogP contribution in [0.2, 0.25) is 0 Å². The van der Waals surface area contributed by atoms with Crippen LogP contribution in [0.15, 0.2) is 58.3 Å². The number of amides is 1. The molecule has 0 bridgehead atoms. The van der Waals surface area contributed by atoms with Crippen LogP contribution in [-0.4, -0.2) is 57.0 Å². The van der Waals surface area contributed by atoms with Crippen molar-refractivity contribution in [3.05, 3.63) is 54.3 Å². The van der Waals surface area contributed by atoms with Crippen molar-refractivity contribution >= 4 is 23.6 Å². The van der Waals surface area contributed by atoms with Gasteiger partial charge in [0.15, 0.2) is 10.9 Å². The number of carbonyl (C=O) groups is 2.